The molecule has 0 aliphatic rings. The summed E-state index contributed by atoms with van der Waals surface area (Å²) in [6, 6.07) is 18.2. The van der Waals surface area contributed by atoms with Gasteiger partial charge in [-0.05, 0) is 30.2 Å². The van der Waals surface area contributed by atoms with Crippen LogP contribution < -0.4 is 0 Å². The largest absolute Gasteiger partial charge is 0.336 e. The van der Waals surface area contributed by atoms with Crippen molar-refractivity contribution >= 4 is 5.91 Å². The summed E-state index contributed by atoms with van der Waals surface area (Å²) >= 11 is 0. The number of carbonyl (C=O) groups excluding carboxylic acids is 1. The van der Waals surface area contributed by atoms with E-state index in [0.717, 1.165) is 22.4 Å². The maximum atomic E-state index is 12.8. The zero-order chi connectivity index (χ0) is 20.4. The molecule has 2 heterocycles. The maximum absolute atomic E-state index is 12.8. The molecule has 0 saturated heterocycles. The molecule has 0 aliphatic heterocycles. The molecule has 7 nitrogen and oxygen atoms in total. The molecule has 4 rings (SSSR count). The highest BCUT2D eigenvalue weighted by Gasteiger charge is 2.21. The Hall–Kier alpha value is -3.74. The van der Waals surface area contributed by atoms with E-state index in [0.29, 0.717) is 17.9 Å². The average Bonchev–Trinajstić information content (AvgIpc) is 3.33. The molecule has 0 unspecified atom stereocenters. The first-order valence-corrected chi connectivity index (χ1v) is 9.34. The van der Waals surface area contributed by atoms with Crippen LogP contribution in [0.5, 0.6) is 0 Å². The highest BCUT2D eigenvalue weighted by molar-refractivity contribution is 5.93. The highest BCUT2D eigenvalue weighted by atomic mass is 16.2. The molecule has 0 radical (unpaired) electrons. The lowest BCUT2D eigenvalue weighted by molar-refractivity contribution is 0.0778. The van der Waals surface area contributed by atoms with Crippen LogP contribution in [0.3, 0.4) is 0 Å². The number of aromatic nitrogens is 5. The Morgan fingerprint density at radius 3 is 2.38 bits per heavy atom. The van der Waals surface area contributed by atoms with Crippen molar-refractivity contribution in [1.82, 2.24) is 29.7 Å². The van der Waals surface area contributed by atoms with Crippen molar-refractivity contribution in [2.45, 2.75) is 13.5 Å². The minimum Gasteiger partial charge on any atom is -0.336 e. The molecule has 1 amide bonds. The second kappa shape index (κ2) is 7.71. The molecule has 7 heteroatoms. The van der Waals surface area contributed by atoms with Crippen LogP contribution in [0, 0.1) is 6.92 Å². The third-order valence-electron chi connectivity index (χ3n) is 4.84. The van der Waals surface area contributed by atoms with Gasteiger partial charge in [0.1, 0.15) is 0 Å². The molecule has 4 aromatic rings. The van der Waals surface area contributed by atoms with Gasteiger partial charge in [-0.3, -0.25) is 9.48 Å². The van der Waals surface area contributed by atoms with Crippen LogP contribution in [0.4, 0.5) is 0 Å². The van der Waals surface area contributed by atoms with E-state index >= 15 is 0 Å². The molecule has 0 saturated carbocycles. The van der Waals surface area contributed by atoms with Gasteiger partial charge >= 0.3 is 0 Å². The van der Waals surface area contributed by atoms with Gasteiger partial charge in [0.15, 0.2) is 5.69 Å². The number of nitrogens with zero attached hydrogens (tertiary/aromatic N) is 6. The number of hydrogen-bond donors (Lipinski definition) is 0. The third-order valence-corrected chi connectivity index (χ3v) is 4.84. The second-order valence-corrected chi connectivity index (χ2v) is 7.03. The van der Waals surface area contributed by atoms with Gasteiger partial charge in [0.05, 0.1) is 17.6 Å². The van der Waals surface area contributed by atoms with Crippen LogP contribution in [0.1, 0.15) is 21.7 Å². The van der Waals surface area contributed by atoms with Gasteiger partial charge in [0, 0.05) is 32.4 Å². The number of amides is 1. The summed E-state index contributed by atoms with van der Waals surface area (Å²) in [6.07, 6.45) is 3.64. The van der Waals surface area contributed by atoms with Crippen molar-refractivity contribution in [3.8, 4) is 16.8 Å². The summed E-state index contributed by atoms with van der Waals surface area (Å²) in [7, 11) is 3.60. The lowest BCUT2D eigenvalue weighted by Gasteiger charge is -2.15. The van der Waals surface area contributed by atoms with E-state index in [1.54, 1.807) is 27.5 Å². The Labute approximate surface area is 169 Å². The van der Waals surface area contributed by atoms with Crippen molar-refractivity contribution in [1.29, 1.82) is 0 Å². The fourth-order valence-electron chi connectivity index (χ4n) is 3.28. The van der Waals surface area contributed by atoms with Crippen molar-refractivity contribution in [2.75, 3.05) is 7.05 Å². The first kappa shape index (κ1) is 18.6. The van der Waals surface area contributed by atoms with Crippen LogP contribution >= 0.6 is 0 Å². The van der Waals surface area contributed by atoms with Crippen molar-refractivity contribution in [3.05, 3.63) is 83.9 Å². The molecular weight excluding hydrogens is 364 g/mol. The molecule has 2 aromatic heterocycles. The third kappa shape index (κ3) is 3.80. The normalized spacial score (nSPS) is 10.9. The van der Waals surface area contributed by atoms with E-state index in [1.807, 2.05) is 62.6 Å². The Morgan fingerprint density at radius 2 is 1.72 bits per heavy atom. The van der Waals surface area contributed by atoms with Crippen LogP contribution in [-0.2, 0) is 13.6 Å². The van der Waals surface area contributed by atoms with E-state index in [2.05, 4.69) is 27.5 Å². The lowest BCUT2D eigenvalue weighted by atomic mass is 10.1. The highest BCUT2D eigenvalue weighted by Crippen LogP contribution is 2.21. The van der Waals surface area contributed by atoms with Gasteiger partial charge in [-0.2, -0.15) is 5.10 Å². The number of aryl methyl sites for hydroxylation is 1. The van der Waals surface area contributed by atoms with Crippen molar-refractivity contribution in [2.24, 2.45) is 7.05 Å². The Kier molecular flexibility index (Phi) is 4.95. The second-order valence-electron chi connectivity index (χ2n) is 7.03. The standard InChI is InChI=1S/C22H22N6O/c1-16-21(22(29)26(2)14-17-13-23-27(3)15-17)24-25-28(16)20-11-9-19(10-12-20)18-7-5-4-6-8-18/h4-13,15H,14H2,1-3H3. The molecule has 0 aliphatic carbocycles. The zero-order valence-corrected chi connectivity index (χ0v) is 16.6. The minimum absolute atomic E-state index is 0.168. The first-order valence-electron chi connectivity index (χ1n) is 9.34. The summed E-state index contributed by atoms with van der Waals surface area (Å²) in [5.41, 5.74) is 5.17. The maximum Gasteiger partial charge on any atom is 0.276 e. The van der Waals surface area contributed by atoms with E-state index in [-0.39, 0.29) is 5.91 Å². The van der Waals surface area contributed by atoms with E-state index in [1.165, 1.54) is 0 Å². The number of benzene rings is 2. The van der Waals surface area contributed by atoms with Gasteiger partial charge in [0.25, 0.3) is 5.91 Å². The summed E-state index contributed by atoms with van der Waals surface area (Å²) < 4.78 is 3.41. The Morgan fingerprint density at radius 1 is 1.03 bits per heavy atom. The average molecular weight is 386 g/mol. The van der Waals surface area contributed by atoms with Crippen LogP contribution in [0.2, 0.25) is 0 Å². The van der Waals surface area contributed by atoms with Gasteiger partial charge in [0.2, 0.25) is 0 Å². The fourth-order valence-corrected chi connectivity index (χ4v) is 3.28. The SMILES string of the molecule is Cc1c(C(=O)N(C)Cc2cnn(C)c2)nnn1-c1ccc(-c2ccccc2)cc1. The molecule has 0 atom stereocenters. The van der Waals surface area contributed by atoms with Crippen molar-refractivity contribution in [3.63, 3.8) is 0 Å². The predicted octanol–water partition coefficient (Wildman–Crippen LogP) is 3.25. The minimum atomic E-state index is -0.168. The summed E-state index contributed by atoms with van der Waals surface area (Å²) in [6.45, 7) is 2.32. The van der Waals surface area contributed by atoms with E-state index in [4.69, 9.17) is 0 Å². The summed E-state index contributed by atoms with van der Waals surface area (Å²) in [4.78, 5) is 14.5. The molecular formula is C22H22N6O. The number of hydrogen-bond acceptors (Lipinski definition) is 4. The summed E-state index contributed by atoms with van der Waals surface area (Å²) in [5, 5.41) is 12.5. The monoisotopic (exact) mass is 386 g/mol. The van der Waals surface area contributed by atoms with Crippen LogP contribution in [0.25, 0.3) is 16.8 Å². The molecule has 0 fully saturated rings. The molecule has 0 bridgehead atoms. The summed E-state index contributed by atoms with van der Waals surface area (Å²) in [5.74, 6) is -0.168. The van der Waals surface area contributed by atoms with Crippen LogP contribution in [0.15, 0.2) is 67.0 Å². The predicted molar refractivity (Wildman–Crippen MR) is 111 cm³/mol. The molecule has 0 spiro atoms. The number of carbonyl (C=O) groups is 1. The first-order chi connectivity index (χ1) is 14.0. The van der Waals surface area contributed by atoms with E-state index < -0.39 is 0 Å². The smallest absolute Gasteiger partial charge is 0.276 e. The quantitative estimate of drug-likeness (QED) is 0.528. The zero-order valence-electron chi connectivity index (χ0n) is 16.6. The van der Waals surface area contributed by atoms with Crippen LogP contribution in [-0.4, -0.2) is 42.6 Å². The molecule has 146 valence electrons. The van der Waals surface area contributed by atoms with Gasteiger partial charge in [-0.15, -0.1) is 5.10 Å². The fraction of sp³-hybridized carbons (Fsp3) is 0.182. The Bertz CT molecular complexity index is 1130. The molecule has 0 N–H and O–H groups in total. The van der Waals surface area contributed by atoms with Gasteiger partial charge < -0.3 is 4.90 Å². The Balaban J connectivity index is 1.54. The van der Waals surface area contributed by atoms with Crippen molar-refractivity contribution < 1.29 is 4.79 Å². The van der Waals surface area contributed by atoms with Gasteiger partial charge in [-0.25, -0.2) is 4.68 Å². The number of rotatable bonds is 5. The lowest BCUT2D eigenvalue weighted by Crippen LogP contribution is -2.27. The topological polar surface area (TPSA) is 68.8 Å². The van der Waals surface area contributed by atoms with E-state index in [9.17, 15) is 4.79 Å². The molecule has 2 aromatic carbocycles. The van der Waals surface area contributed by atoms with Gasteiger partial charge in [-0.1, -0.05) is 47.7 Å². The molecule has 29 heavy (non-hydrogen) atoms.